The lowest BCUT2D eigenvalue weighted by Gasteiger charge is -1.91. The largest absolute Gasteiger partial charge is 0.465 e. The molecular weight excluding hydrogens is 336 g/mol. The third kappa shape index (κ3) is 4.05. The minimum absolute atomic E-state index is 0.0298. The van der Waals surface area contributed by atoms with Gasteiger partial charge in [-0.3, -0.25) is 4.79 Å². The van der Waals surface area contributed by atoms with Gasteiger partial charge in [-0.1, -0.05) is 25.5 Å². The van der Waals surface area contributed by atoms with Gasteiger partial charge in [0.1, 0.15) is 5.76 Å². The maximum atomic E-state index is 12.0. The van der Waals surface area contributed by atoms with E-state index in [-0.39, 0.29) is 5.78 Å². The molecule has 2 heterocycles. The Morgan fingerprint density at radius 3 is 3.00 bits per heavy atom. The Balaban J connectivity index is 1.99. The standard InChI is InChI=1S/C16H15BrO2S/c1-2-6-15-13(17)11-16(20-15)14(18)9-4-3-7-12-8-5-10-19-12/h3-5,7-11H,2,6H2,1H3/b7-3+,9-4+. The molecule has 0 amide bonds. The van der Waals surface area contributed by atoms with Crippen molar-refractivity contribution in [2.45, 2.75) is 19.8 Å². The number of furan rings is 1. The SMILES string of the molecule is CCCc1sc(C(=O)/C=C/C=C/c2ccco2)cc1Br. The van der Waals surface area contributed by atoms with E-state index < -0.39 is 0 Å². The molecule has 0 spiro atoms. The summed E-state index contributed by atoms with van der Waals surface area (Å²) in [6.45, 7) is 2.13. The van der Waals surface area contributed by atoms with E-state index >= 15 is 0 Å². The number of thiophene rings is 1. The quantitative estimate of drug-likeness (QED) is 0.390. The number of carbonyl (C=O) groups excluding carboxylic acids is 1. The molecule has 2 aromatic rings. The highest BCUT2D eigenvalue weighted by molar-refractivity contribution is 9.10. The molecule has 0 aliphatic heterocycles. The van der Waals surface area contributed by atoms with Crippen molar-refractivity contribution in [1.29, 1.82) is 0 Å². The van der Waals surface area contributed by atoms with E-state index in [1.54, 1.807) is 35.8 Å². The van der Waals surface area contributed by atoms with Gasteiger partial charge in [0.25, 0.3) is 0 Å². The molecule has 0 radical (unpaired) electrons. The molecule has 2 aromatic heterocycles. The smallest absolute Gasteiger partial charge is 0.195 e. The van der Waals surface area contributed by atoms with Gasteiger partial charge in [-0.2, -0.15) is 0 Å². The molecule has 0 aliphatic carbocycles. The summed E-state index contributed by atoms with van der Waals surface area (Å²) in [4.78, 5) is 14.0. The Hall–Kier alpha value is -1.39. The van der Waals surface area contributed by atoms with E-state index in [9.17, 15) is 4.79 Å². The molecule has 2 nitrogen and oxygen atoms in total. The zero-order chi connectivity index (χ0) is 14.4. The fourth-order valence-electron chi connectivity index (χ4n) is 1.69. The number of ketones is 1. The summed E-state index contributed by atoms with van der Waals surface area (Å²) in [6.07, 6.45) is 10.6. The van der Waals surface area contributed by atoms with Gasteiger partial charge in [0.15, 0.2) is 5.78 Å². The van der Waals surface area contributed by atoms with Crippen LogP contribution in [-0.4, -0.2) is 5.78 Å². The van der Waals surface area contributed by atoms with Crippen molar-refractivity contribution in [2.75, 3.05) is 0 Å². The molecule has 0 aromatic carbocycles. The highest BCUT2D eigenvalue weighted by Crippen LogP contribution is 2.29. The first-order valence-corrected chi connectivity index (χ1v) is 8.02. The number of carbonyl (C=O) groups is 1. The van der Waals surface area contributed by atoms with E-state index in [0.717, 1.165) is 28.0 Å². The topological polar surface area (TPSA) is 30.2 Å². The van der Waals surface area contributed by atoms with E-state index in [2.05, 4.69) is 22.9 Å². The van der Waals surface area contributed by atoms with Crippen LogP contribution >= 0.6 is 27.3 Å². The van der Waals surface area contributed by atoms with Gasteiger partial charge in [0.05, 0.1) is 11.1 Å². The van der Waals surface area contributed by atoms with Crippen molar-refractivity contribution in [1.82, 2.24) is 0 Å². The highest BCUT2D eigenvalue weighted by Gasteiger charge is 2.10. The minimum Gasteiger partial charge on any atom is -0.465 e. The number of halogens is 1. The van der Waals surface area contributed by atoms with Crippen LogP contribution < -0.4 is 0 Å². The number of rotatable bonds is 6. The highest BCUT2D eigenvalue weighted by atomic mass is 79.9. The molecule has 0 atom stereocenters. The Morgan fingerprint density at radius 1 is 1.45 bits per heavy atom. The average molecular weight is 351 g/mol. The van der Waals surface area contributed by atoms with Crippen LogP contribution in [0.2, 0.25) is 0 Å². The normalized spacial score (nSPS) is 11.7. The first-order chi connectivity index (χ1) is 9.70. The molecule has 0 bridgehead atoms. The van der Waals surface area contributed by atoms with E-state index in [1.807, 2.05) is 24.3 Å². The molecule has 2 rings (SSSR count). The zero-order valence-corrected chi connectivity index (χ0v) is 13.5. The third-order valence-electron chi connectivity index (χ3n) is 2.64. The third-order valence-corrected chi connectivity index (χ3v) is 4.82. The van der Waals surface area contributed by atoms with Crippen LogP contribution in [0.15, 0.2) is 51.6 Å². The molecule has 0 saturated carbocycles. The summed E-state index contributed by atoms with van der Waals surface area (Å²) in [5, 5.41) is 0. The maximum Gasteiger partial charge on any atom is 0.195 e. The van der Waals surface area contributed by atoms with Gasteiger partial charge in [-0.15, -0.1) is 11.3 Å². The summed E-state index contributed by atoms with van der Waals surface area (Å²) in [6, 6.07) is 5.59. The van der Waals surface area contributed by atoms with Crippen LogP contribution in [0.25, 0.3) is 6.08 Å². The number of hydrogen-bond donors (Lipinski definition) is 0. The fraction of sp³-hybridized carbons (Fsp3) is 0.188. The molecule has 104 valence electrons. The van der Waals surface area contributed by atoms with Gasteiger partial charge >= 0.3 is 0 Å². The summed E-state index contributed by atoms with van der Waals surface area (Å²) < 4.78 is 6.20. The van der Waals surface area contributed by atoms with Crippen LogP contribution in [0.1, 0.15) is 33.7 Å². The van der Waals surface area contributed by atoms with Gasteiger partial charge < -0.3 is 4.42 Å². The molecule has 0 fully saturated rings. The second kappa shape index (κ2) is 7.41. The van der Waals surface area contributed by atoms with E-state index in [4.69, 9.17) is 4.42 Å². The second-order valence-corrected chi connectivity index (χ2v) is 6.22. The average Bonchev–Trinajstić information content (AvgIpc) is 3.06. The first-order valence-electron chi connectivity index (χ1n) is 6.41. The van der Waals surface area contributed by atoms with E-state index in [1.165, 1.54) is 4.88 Å². The second-order valence-electron chi connectivity index (χ2n) is 4.23. The summed E-state index contributed by atoms with van der Waals surface area (Å²) in [7, 11) is 0. The monoisotopic (exact) mass is 350 g/mol. The molecule has 4 heteroatoms. The maximum absolute atomic E-state index is 12.0. The van der Waals surface area contributed by atoms with Crippen LogP contribution in [0, 0.1) is 0 Å². The van der Waals surface area contributed by atoms with Crippen LogP contribution in [-0.2, 0) is 6.42 Å². The van der Waals surface area contributed by atoms with Crippen LogP contribution in [0.5, 0.6) is 0 Å². The zero-order valence-electron chi connectivity index (χ0n) is 11.1. The van der Waals surface area contributed by atoms with Gasteiger partial charge in [0, 0.05) is 9.35 Å². The van der Waals surface area contributed by atoms with Gasteiger partial charge in [-0.05, 0) is 52.7 Å². The van der Waals surface area contributed by atoms with E-state index in [0.29, 0.717) is 0 Å². The predicted octanol–water partition coefficient (Wildman–Crippen LogP) is 5.51. The van der Waals surface area contributed by atoms with Crippen molar-refractivity contribution in [3.8, 4) is 0 Å². The Bertz CT molecular complexity index is 621. The summed E-state index contributed by atoms with van der Waals surface area (Å²) >= 11 is 5.06. The van der Waals surface area contributed by atoms with Crippen molar-refractivity contribution in [3.05, 3.63) is 62.7 Å². The number of allylic oxidation sites excluding steroid dienone is 3. The molecule has 0 aliphatic rings. The number of aryl methyl sites for hydroxylation is 1. The van der Waals surface area contributed by atoms with Crippen LogP contribution in [0.4, 0.5) is 0 Å². The fourth-order valence-corrected chi connectivity index (χ4v) is 3.58. The summed E-state index contributed by atoms with van der Waals surface area (Å²) in [5.74, 6) is 0.799. The van der Waals surface area contributed by atoms with Crippen molar-refractivity contribution >= 4 is 39.1 Å². The molecule has 0 N–H and O–H groups in total. The van der Waals surface area contributed by atoms with Crippen molar-refractivity contribution in [2.24, 2.45) is 0 Å². The Labute approximate surface area is 130 Å². The predicted molar refractivity (Wildman–Crippen MR) is 87.2 cm³/mol. The number of hydrogen-bond acceptors (Lipinski definition) is 3. The van der Waals surface area contributed by atoms with Crippen LogP contribution in [0.3, 0.4) is 0 Å². The van der Waals surface area contributed by atoms with Gasteiger partial charge in [-0.25, -0.2) is 0 Å². The van der Waals surface area contributed by atoms with Gasteiger partial charge in [0.2, 0.25) is 0 Å². The molecule has 20 heavy (non-hydrogen) atoms. The lowest BCUT2D eigenvalue weighted by Crippen LogP contribution is -1.88. The van der Waals surface area contributed by atoms with Crippen molar-refractivity contribution < 1.29 is 9.21 Å². The lowest BCUT2D eigenvalue weighted by molar-refractivity contribution is 0.105. The summed E-state index contributed by atoms with van der Waals surface area (Å²) in [5.41, 5.74) is 0. The lowest BCUT2D eigenvalue weighted by atomic mass is 10.2. The molecule has 0 saturated heterocycles. The van der Waals surface area contributed by atoms with Crippen molar-refractivity contribution in [3.63, 3.8) is 0 Å². The first kappa shape index (κ1) is 15.0. The molecule has 0 unspecified atom stereocenters. The minimum atomic E-state index is 0.0298. The molecular formula is C16H15BrO2S. The Morgan fingerprint density at radius 2 is 2.30 bits per heavy atom. The Kier molecular flexibility index (Phi) is 5.56.